The highest BCUT2D eigenvalue weighted by Gasteiger charge is 2.38. The largest absolute Gasteiger partial charge is 0.444 e. The van der Waals surface area contributed by atoms with Gasteiger partial charge < -0.3 is 4.74 Å². The van der Waals surface area contributed by atoms with Crippen molar-refractivity contribution in [2.45, 2.75) is 51.1 Å². The smallest absolute Gasteiger partial charge is 0.410 e. The van der Waals surface area contributed by atoms with Crippen LogP contribution >= 0.6 is 11.6 Å². The average molecular weight is 248 g/mol. The lowest BCUT2D eigenvalue weighted by Crippen LogP contribution is -2.42. The highest BCUT2D eigenvalue weighted by molar-refractivity contribution is 6.21. The second-order valence-corrected chi connectivity index (χ2v) is 5.71. The lowest BCUT2D eigenvalue weighted by Gasteiger charge is -2.27. The summed E-state index contributed by atoms with van der Waals surface area (Å²) in [6.45, 7) is 7.23. The standard InChI is InChI=1S/C11H18ClNO3/c1-7(14)9-5-8(12)6-13(9)10(15)16-11(2,3)4/h8-9H,5-6H2,1-4H3. The first-order valence-corrected chi connectivity index (χ1v) is 5.78. The van der Waals surface area contributed by atoms with Gasteiger partial charge in [-0.1, -0.05) is 0 Å². The number of likely N-dealkylation sites (tertiary alicyclic amines) is 1. The molecule has 0 aromatic rings. The zero-order chi connectivity index (χ0) is 12.5. The summed E-state index contributed by atoms with van der Waals surface area (Å²) in [5, 5.41) is -0.165. The van der Waals surface area contributed by atoms with Crippen molar-refractivity contribution in [3.63, 3.8) is 0 Å². The van der Waals surface area contributed by atoms with Crippen LogP contribution in [0.3, 0.4) is 0 Å². The minimum absolute atomic E-state index is 0.0472. The molecule has 0 bridgehead atoms. The third kappa shape index (κ3) is 3.37. The fourth-order valence-corrected chi connectivity index (χ4v) is 2.01. The quantitative estimate of drug-likeness (QED) is 0.668. The maximum absolute atomic E-state index is 11.8. The molecule has 1 aliphatic rings. The van der Waals surface area contributed by atoms with Crippen LogP contribution in [0.5, 0.6) is 0 Å². The Morgan fingerprint density at radius 2 is 1.94 bits per heavy atom. The Kier molecular flexibility index (Phi) is 3.84. The summed E-state index contributed by atoms with van der Waals surface area (Å²) in [5.41, 5.74) is -0.553. The SMILES string of the molecule is CC(=O)C1CC(Cl)CN1C(=O)OC(C)(C)C. The predicted molar refractivity (Wildman–Crippen MR) is 61.7 cm³/mol. The van der Waals surface area contributed by atoms with E-state index in [1.54, 1.807) is 20.8 Å². The predicted octanol–water partition coefficient (Wildman–Crippen LogP) is 2.19. The van der Waals surface area contributed by atoms with E-state index in [9.17, 15) is 9.59 Å². The van der Waals surface area contributed by atoms with Crippen molar-refractivity contribution in [1.29, 1.82) is 0 Å². The molecule has 0 saturated carbocycles. The molecule has 1 fully saturated rings. The number of hydrogen-bond acceptors (Lipinski definition) is 3. The van der Waals surface area contributed by atoms with E-state index in [1.165, 1.54) is 11.8 Å². The molecule has 1 rings (SSSR count). The molecule has 2 atom stereocenters. The van der Waals surface area contributed by atoms with E-state index in [2.05, 4.69) is 0 Å². The maximum atomic E-state index is 11.8. The third-order valence-corrected chi connectivity index (χ3v) is 2.66. The number of carbonyl (C=O) groups excluding carboxylic acids is 2. The molecule has 0 aliphatic carbocycles. The van der Waals surface area contributed by atoms with Crippen molar-refractivity contribution in [2.24, 2.45) is 0 Å². The topological polar surface area (TPSA) is 46.6 Å². The zero-order valence-corrected chi connectivity index (χ0v) is 10.9. The molecule has 0 aromatic heterocycles. The molecule has 1 amide bonds. The molecule has 1 saturated heterocycles. The first-order valence-electron chi connectivity index (χ1n) is 5.35. The summed E-state index contributed by atoms with van der Waals surface area (Å²) in [7, 11) is 0. The van der Waals surface area contributed by atoms with Gasteiger partial charge in [0, 0.05) is 6.54 Å². The Balaban J connectivity index is 2.71. The Morgan fingerprint density at radius 1 is 1.38 bits per heavy atom. The van der Waals surface area contributed by atoms with Gasteiger partial charge in [-0.25, -0.2) is 4.79 Å². The van der Waals surface area contributed by atoms with E-state index in [0.717, 1.165) is 0 Å². The number of hydrogen-bond donors (Lipinski definition) is 0. The van der Waals surface area contributed by atoms with Crippen LogP contribution in [0.2, 0.25) is 0 Å². The van der Waals surface area contributed by atoms with Gasteiger partial charge in [0.1, 0.15) is 5.60 Å². The van der Waals surface area contributed by atoms with Crippen LogP contribution in [-0.4, -0.2) is 40.3 Å². The molecule has 2 unspecified atom stereocenters. The zero-order valence-electron chi connectivity index (χ0n) is 10.1. The summed E-state index contributed by atoms with van der Waals surface area (Å²) in [5.74, 6) is -0.0472. The Morgan fingerprint density at radius 3 is 2.38 bits per heavy atom. The van der Waals surface area contributed by atoms with Gasteiger partial charge in [0.15, 0.2) is 5.78 Å². The van der Waals surface area contributed by atoms with Crippen LogP contribution in [0.4, 0.5) is 4.79 Å². The molecule has 1 heterocycles. The summed E-state index contributed by atoms with van der Waals surface area (Å²) in [6.07, 6.45) is 0.0479. The summed E-state index contributed by atoms with van der Waals surface area (Å²) >= 11 is 5.96. The van der Waals surface area contributed by atoms with Crippen molar-refractivity contribution in [3.05, 3.63) is 0 Å². The molecule has 92 valence electrons. The second kappa shape index (κ2) is 4.62. The van der Waals surface area contributed by atoms with Gasteiger partial charge in [0.2, 0.25) is 0 Å². The first kappa shape index (κ1) is 13.3. The lowest BCUT2D eigenvalue weighted by atomic mass is 10.1. The van der Waals surface area contributed by atoms with E-state index in [1.807, 2.05) is 0 Å². The third-order valence-electron chi connectivity index (χ3n) is 2.35. The maximum Gasteiger partial charge on any atom is 0.410 e. The van der Waals surface area contributed by atoms with Crippen LogP contribution < -0.4 is 0 Å². The van der Waals surface area contributed by atoms with Crippen LogP contribution in [0.1, 0.15) is 34.1 Å². The van der Waals surface area contributed by atoms with Gasteiger partial charge >= 0.3 is 6.09 Å². The number of amides is 1. The van der Waals surface area contributed by atoms with Gasteiger partial charge in [-0.05, 0) is 34.1 Å². The number of carbonyl (C=O) groups is 2. The molecule has 0 N–H and O–H groups in total. The number of alkyl halides is 1. The minimum atomic E-state index is -0.553. The average Bonchev–Trinajstić information content (AvgIpc) is 2.44. The monoisotopic (exact) mass is 247 g/mol. The molecule has 0 aromatic carbocycles. The van der Waals surface area contributed by atoms with E-state index >= 15 is 0 Å². The molecule has 16 heavy (non-hydrogen) atoms. The number of Topliss-reactive ketones (excluding diaryl/α,β-unsaturated/α-hetero) is 1. The fourth-order valence-electron chi connectivity index (χ4n) is 1.69. The number of ketones is 1. The number of halogens is 1. The van der Waals surface area contributed by atoms with E-state index < -0.39 is 17.7 Å². The molecular weight excluding hydrogens is 230 g/mol. The Hall–Kier alpha value is -0.770. The molecule has 1 aliphatic heterocycles. The number of nitrogens with zero attached hydrogens (tertiary/aromatic N) is 1. The van der Waals surface area contributed by atoms with Crippen LogP contribution in [0.15, 0.2) is 0 Å². The van der Waals surface area contributed by atoms with Gasteiger partial charge in [0.05, 0.1) is 11.4 Å². The Labute approximate surface area is 101 Å². The molecule has 4 nitrogen and oxygen atoms in total. The fraction of sp³-hybridized carbons (Fsp3) is 0.818. The van der Waals surface area contributed by atoms with Gasteiger partial charge in [0.25, 0.3) is 0 Å². The normalized spacial score (nSPS) is 25.7. The molecular formula is C11H18ClNO3. The summed E-state index contributed by atoms with van der Waals surface area (Å²) < 4.78 is 5.23. The van der Waals surface area contributed by atoms with Crippen LogP contribution in [-0.2, 0) is 9.53 Å². The lowest BCUT2D eigenvalue weighted by molar-refractivity contribution is -0.121. The summed E-state index contributed by atoms with van der Waals surface area (Å²) in [4.78, 5) is 24.6. The van der Waals surface area contributed by atoms with E-state index in [0.29, 0.717) is 13.0 Å². The van der Waals surface area contributed by atoms with Crippen molar-refractivity contribution >= 4 is 23.5 Å². The van der Waals surface area contributed by atoms with Crippen LogP contribution in [0, 0.1) is 0 Å². The highest BCUT2D eigenvalue weighted by atomic mass is 35.5. The van der Waals surface area contributed by atoms with Gasteiger partial charge in [-0.15, -0.1) is 11.6 Å². The molecule has 0 radical (unpaired) electrons. The van der Waals surface area contributed by atoms with E-state index in [4.69, 9.17) is 16.3 Å². The van der Waals surface area contributed by atoms with Crippen molar-refractivity contribution in [1.82, 2.24) is 4.90 Å². The van der Waals surface area contributed by atoms with Crippen LogP contribution in [0.25, 0.3) is 0 Å². The van der Waals surface area contributed by atoms with Crippen molar-refractivity contribution in [3.8, 4) is 0 Å². The molecule has 0 spiro atoms. The van der Waals surface area contributed by atoms with E-state index in [-0.39, 0.29) is 11.2 Å². The minimum Gasteiger partial charge on any atom is -0.444 e. The Bertz CT molecular complexity index is 298. The van der Waals surface area contributed by atoms with Gasteiger partial charge in [-0.3, -0.25) is 9.69 Å². The van der Waals surface area contributed by atoms with Gasteiger partial charge in [-0.2, -0.15) is 0 Å². The van der Waals surface area contributed by atoms with Crippen molar-refractivity contribution in [2.75, 3.05) is 6.54 Å². The number of ether oxygens (including phenoxy) is 1. The first-order chi connectivity index (χ1) is 7.20. The highest BCUT2D eigenvalue weighted by Crippen LogP contribution is 2.24. The van der Waals surface area contributed by atoms with Crippen molar-refractivity contribution < 1.29 is 14.3 Å². The second-order valence-electron chi connectivity index (χ2n) is 5.09. The number of rotatable bonds is 1. The molecule has 5 heteroatoms. The summed E-state index contributed by atoms with van der Waals surface area (Å²) in [6, 6.07) is -0.433.